The zero-order valence-corrected chi connectivity index (χ0v) is 5.93. The van der Waals surface area contributed by atoms with Gasteiger partial charge in [0.2, 0.25) is 0 Å². The number of hydrogen-bond acceptors (Lipinski definition) is 2. The summed E-state index contributed by atoms with van der Waals surface area (Å²) >= 11 is 0. The van der Waals surface area contributed by atoms with E-state index in [0.29, 0.717) is 0 Å². The molecule has 0 saturated heterocycles. The van der Waals surface area contributed by atoms with Crippen LogP contribution in [-0.2, 0) is 5.41 Å². The predicted octanol–water partition coefficient (Wildman–Crippen LogP) is 1.77. The van der Waals surface area contributed by atoms with Gasteiger partial charge in [-0.25, -0.2) is 4.98 Å². The van der Waals surface area contributed by atoms with Crippen molar-refractivity contribution in [2.45, 2.75) is 26.2 Å². The van der Waals surface area contributed by atoms with Crippen LogP contribution in [0, 0.1) is 6.26 Å². The Kier molecular flexibility index (Phi) is 1.31. The number of rotatable bonds is 0. The molecule has 0 saturated carbocycles. The standard InChI is InChI=1S/C7H10NO/c1-7(2,3)6-8-4-5-9-6/h4H,1-3H3. The third-order valence-electron chi connectivity index (χ3n) is 1.03. The highest BCUT2D eigenvalue weighted by molar-refractivity contribution is 4.95. The van der Waals surface area contributed by atoms with E-state index in [9.17, 15) is 0 Å². The van der Waals surface area contributed by atoms with E-state index >= 15 is 0 Å². The second-order valence-electron chi connectivity index (χ2n) is 3.03. The van der Waals surface area contributed by atoms with Gasteiger partial charge in [-0.3, -0.25) is 0 Å². The summed E-state index contributed by atoms with van der Waals surface area (Å²) in [7, 11) is 0. The molecule has 1 aromatic rings. The Labute approximate surface area is 54.9 Å². The molecule has 9 heavy (non-hydrogen) atoms. The van der Waals surface area contributed by atoms with Crippen molar-refractivity contribution in [3.63, 3.8) is 0 Å². The molecular formula is C7H10NO. The first-order valence-electron chi connectivity index (χ1n) is 2.93. The van der Waals surface area contributed by atoms with Gasteiger partial charge in [-0.05, 0) is 0 Å². The molecule has 2 heteroatoms. The maximum atomic E-state index is 4.96. The summed E-state index contributed by atoms with van der Waals surface area (Å²) in [6.07, 6.45) is 4.09. The van der Waals surface area contributed by atoms with E-state index in [1.165, 1.54) is 0 Å². The average Bonchev–Trinajstić information content (AvgIpc) is 2.08. The molecule has 0 aliphatic carbocycles. The zero-order valence-electron chi connectivity index (χ0n) is 5.93. The summed E-state index contributed by atoms with van der Waals surface area (Å²) in [6, 6.07) is 0. The summed E-state index contributed by atoms with van der Waals surface area (Å²) in [4.78, 5) is 3.97. The second kappa shape index (κ2) is 1.87. The van der Waals surface area contributed by atoms with Gasteiger partial charge in [0.15, 0.2) is 12.2 Å². The van der Waals surface area contributed by atoms with Gasteiger partial charge in [-0.1, -0.05) is 20.8 Å². The number of nitrogens with zero attached hydrogens (tertiary/aromatic N) is 1. The lowest BCUT2D eigenvalue weighted by Gasteiger charge is -2.11. The van der Waals surface area contributed by atoms with Gasteiger partial charge in [0.1, 0.15) is 0 Å². The Bertz CT molecular complexity index is 171. The molecule has 0 N–H and O–H groups in total. The van der Waals surface area contributed by atoms with Crippen molar-refractivity contribution in [2.75, 3.05) is 0 Å². The monoisotopic (exact) mass is 124 g/mol. The largest absolute Gasteiger partial charge is 0.437 e. The van der Waals surface area contributed by atoms with Crippen molar-refractivity contribution < 1.29 is 4.42 Å². The van der Waals surface area contributed by atoms with Gasteiger partial charge in [0, 0.05) is 5.41 Å². The van der Waals surface area contributed by atoms with Crippen LogP contribution in [0.1, 0.15) is 26.7 Å². The molecule has 0 aliphatic heterocycles. The summed E-state index contributed by atoms with van der Waals surface area (Å²) < 4.78 is 4.96. The minimum Gasteiger partial charge on any atom is -0.437 e. The first-order chi connectivity index (χ1) is 4.11. The van der Waals surface area contributed by atoms with Crippen molar-refractivity contribution in [1.82, 2.24) is 4.98 Å². The third kappa shape index (κ3) is 1.31. The van der Waals surface area contributed by atoms with Gasteiger partial charge < -0.3 is 4.42 Å². The molecule has 0 atom stereocenters. The molecule has 1 heterocycles. The van der Waals surface area contributed by atoms with Crippen LogP contribution in [0.4, 0.5) is 0 Å². The molecule has 0 aromatic carbocycles. The van der Waals surface area contributed by atoms with Gasteiger partial charge in [-0.15, -0.1) is 0 Å². The highest BCUT2D eigenvalue weighted by atomic mass is 16.3. The summed E-state index contributed by atoms with van der Waals surface area (Å²) in [5.41, 5.74) is 0.0139. The SMILES string of the molecule is CC(C)(C)c1nc[c]o1. The van der Waals surface area contributed by atoms with E-state index in [2.05, 4.69) is 11.2 Å². The molecular weight excluding hydrogens is 114 g/mol. The van der Waals surface area contributed by atoms with E-state index < -0.39 is 0 Å². The second-order valence-corrected chi connectivity index (χ2v) is 3.03. The minimum absolute atomic E-state index is 0.0139. The van der Waals surface area contributed by atoms with Gasteiger partial charge in [0.25, 0.3) is 0 Å². The number of hydrogen-bond donors (Lipinski definition) is 0. The van der Waals surface area contributed by atoms with Crippen LogP contribution in [0.2, 0.25) is 0 Å². The lowest BCUT2D eigenvalue weighted by molar-refractivity contribution is 0.389. The highest BCUT2D eigenvalue weighted by Gasteiger charge is 2.17. The van der Waals surface area contributed by atoms with Crippen LogP contribution in [-0.4, -0.2) is 4.98 Å². The van der Waals surface area contributed by atoms with Crippen LogP contribution in [0.5, 0.6) is 0 Å². The molecule has 0 fully saturated rings. The normalized spacial score (nSPS) is 11.9. The van der Waals surface area contributed by atoms with Gasteiger partial charge in [-0.2, -0.15) is 0 Å². The van der Waals surface area contributed by atoms with E-state index in [0.717, 1.165) is 5.89 Å². The fourth-order valence-corrected chi connectivity index (χ4v) is 0.540. The molecule has 0 aliphatic rings. The molecule has 0 spiro atoms. The Morgan fingerprint density at radius 3 is 2.44 bits per heavy atom. The van der Waals surface area contributed by atoms with Gasteiger partial charge >= 0.3 is 0 Å². The maximum Gasteiger partial charge on any atom is 0.200 e. The smallest absolute Gasteiger partial charge is 0.200 e. The molecule has 1 aromatic heterocycles. The summed E-state index contributed by atoms with van der Waals surface area (Å²) in [5, 5.41) is 0. The molecule has 1 rings (SSSR count). The molecule has 1 radical (unpaired) electrons. The molecule has 0 bridgehead atoms. The molecule has 0 amide bonds. The van der Waals surface area contributed by atoms with Crippen molar-refractivity contribution in [1.29, 1.82) is 0 Å². The number of oxazole rings is 1. The Morgan fingerprint density at radius 1 is 1.56 bits per heavy atom. The minimum atomic E-state index is 0.0139. The highest BCUT2D eigenvalue weighted by Crippen LogP contribution is 2.18. The van der Waals surface area contributed by atoms with Gasteiger partial charge in [0.05, 0.1) is 6.20 Å². The third-order valence-corrected chi connectivity index (χ3v) is 1.03. The van der Waals surface area contributed by atoms with E-state index in [1.807, 2.05) is 20.8 Å². The first kappa shape index (κ1) is 6.33. The Hall–Kier alpha value is -0.790. The average molecular weight is 124 g/mol. The molecule has 49 valence electrons. The fourth-order valence-electron chi connectivity index (χ4n) is 0.540. The molecule has 0 unspecified atom stereocenters. The topological polar surface area (TPSA) is 26.0 Å². The van der Waals surface area contributed by atoms with E-state index in [-0.39, 0.29) is 5.41 Å². The van der Waals surface area contributed by atoms with Crippen LogP contribution >= 0.6 is 0 Å². The lowest BCUT2D eigenvalue weighted by atomic mass is 9.97. The van der Waals surface area contributed by atoms with Crippen LogP contribution in [0.25, 0.3) is 0 Å². The quantitative estimate of drug-likeness (QED) is 0.526. The van der Waals surface area contributed by atoms with Crippen molar-refractivity contribution in [3.05, 3.63) is 18.4 Å². The lowest BCUT2D eigenvalue weighted by Crippen LogP contribution is -2.10. The first-order valence-corrected chi connectivity index (χ1v) is 2.93. The van der Waals surface area contributed by atoms with Crippen LogP contribution < -0.4 is 0 Å². The fraction of sp³-hybridized carbons (Fsp3) is 0.571. The Morgan fingerprint density at radius 2 is 2.22 bits per heavy atom. The van der Waals surface area contributed by atoms with Crippen LogP contribution in [0.3, 0.4) is 0 Å². The number of aromatic nitrogens is 1. The predicted molar refractivity (Wildman–Crippen MR) is 34.0 cm³/mol. The maximum absolute atomic E-state index is 4.96. The van der Waals surface area contributed by atoms with E-state index in [4.69, 9.17) is 4.42 Å². The molecule has 2 nitrogen and oxygen atoms in total. The Balaban J connectivity index is 2.90. The van der Waals surface area contributed by atoms with Crippen molar-refractivity contribution in [3.8, 4) is 0 Å². The van der Waals surface area contributed by atoms with Crippen molar-refractivity contribution >= 4 is 0 Å². The van der Waals surface area contributed by atoms with Crippen LogP contribution in [0.15, 0.2) is 10.6 Å². The van der Waals surface area contributed by atoms with E-state index in [1.54, 1.807) is 6.20 Å². The zero-order chi connectivity index (χ0) is 6.91. The summed E-state index contributed by atoms with van der Waals surface area (Å²) in [5.74, 6) is 0.738. The summed E-state index contributed by atoms with van der Waals surface area (Å²) in [6.45, 7) is 6.14. The van der Waals surface area contributed by atoms with Crippen molar-refractivity contribution in [2.24, 2.45) is 0 Å².